The molecule has 1 aromatic rings. The van der Waals surface area contributed by atoms with Crippen LogP contribution < -0.4 is 16.0 Å². The van der Waals surface area contributed by atoms with Gasteiger partial charge in [-0.3, -0.25) is 19.7 Å². The van der Waals surface area contributed by atoms with Crippen molar-refractivity contribution in [2.75, 3.05) is 18.2 Å². The number of nitrogens with zero attached hydrogens (tertiary/aromatic N) is 1. The molecule has 0 bridgehead atoms. The fourth-order valence-corrected chi connectivity index (χ4v) is 3.63. The number of nitro benzene ring substituents is 1. The molecule has 8 nitrogen and oxygen atoms in total. The molecular weight excluding hydrogens is 428 g/mol. The Morgan fingerprint density at radius 3 is 2.54 bits per heavy atom. The van der Waals surface area contributed by atoms with Gasteiger partial charge in [-0.05, 0) is 18.9 Å². The summed E-state index contributed by atoms with van der Waals surface area (Å²) < 4.78 is 0.434. The van der Waals surface area contributed by atoms with Crippen molar-refractivity contribution < 1.29 is 14.5 Å². The third-order valence-corrected chi connectivity index (χ3v) is 5.01. The van der Waals surface area contributed by atoms with Gasteiger partial charge in [0.05, 0.1) is 10.5 Å². The largest absolute Gasteiger partial charge is 0.374 e. The number of amides is 2. The summed E-state index contributed by atoms with van der Waals surface area (Å²) in [6.45, 7) is 0. The predicted octanol–water partition coefficient (Wildman–Crippen LogP) is 2.80. The van der Waals surface area contributed by atoms with Gasteiger partial charge in [-0.15, -0.1) is 11.6 Å². The van der Waals surface area contributed by atoms with Gasteiger partial charge in [-0.1, -0.05) is 28.8 Å². The van der Waals surface area contributed by atoms with E-state index >= 15 is 0 Å². The number of benzene rings is 1. The zero-order valence-electron chi connectivity index (χ0n) is 14.2. The first-order valence-electron chi connectivity index (χ1n) is 8.19. The molecule has 1 aliphatic rings. The second-order valence-electron chi connectivity index (χ2n) is 6.03. The van der Waals surface area contributed by atoms with Gasteiger partial charge in [0.2, 0.25) is 5.91 Å². The number of alkyl halides is 1. The van der Waals surface area contributed by atoms with Crippen LogP contribution in [-0.4, -0.2) is 41.7 Å². The molecule has 0 heterocycles. The highest BCUT2D eigenvalue weighted by molar-refractivity contribution is 9.10. The predicted molar refractivity (Wildman–Crippen MR) is 103 cm³/mol. The van der Waals surface area contributed by atoms with E-state index in [4.69, 9.17) is 11.6 Å². The Kier molecular flexibility index (Phi) is 7.22. The minimum absolute atomic E-state index is 0.148. The van der Waals surface area contributed by atoms with E-state index in [0.717, 1.165) is 19.3 Å². The van der Waals surface area contributed by atoms with E-state index in [1.807, 2.05) is 0 Å². The van der Waals surface area contributed by atoms with E-state index in [9.17, 15) is 19.7 Å². The molecule has 0 radical (unpaired) electrons. The second-order valence-corrected chi connectivity index (χ2v) is 7.21. The van der Waals surface area contributed by atoms with Gasteiger partial charge >= 0.3 is 0 Å². The maximum Gasteiger partial charge on any atom is 0.294 e. The Morgan fingerprint density at radius 2 is 1.96 bits per heavy atom. The Hall–Kier alpha value is -1.87. The second kappa shape index (κ2) is 9.18. The quantitative estimate of drug-likeness (QED) is 0.352. The number of anilines is 1. The molecule has 0 saturated heterocycles. The fourth-order valence-electron chi connectivity index (χ4n) is 3.11. The van der Waals surface area contributed by atoms with E-state index in [2.05, 4.69) is 31.9 Å². The van der Waals surface area contributed by atoms with Gasteiger partial charge in [-0.2, -0.15) is 0 Å². The number of halogens is 2. The van der Waals surface area contributed by atoms with Crippen LogP contribution in [0.2, 0.25) is 0 Å². The molecule has 0 unspecified atom stereocenters. The van der Waals surface area contributed by atoms with Crippen molar-refractivity contribution in [3.05, 3.63) is 32.3 Å². The zero-order valence-corrected chi connectivity index (χ0v) is 16.5. The molecule has 3 N–H and O–H groups in total. The van der Waals surface area contributed by atoms with E-state index in [0.29, 0.717) is 10.9 Å². The standard InChI is InChI=1S/C16H20BrClN4O4/c1-19-16(24)10-6-9(17)7-13(22(25)26)15(10)21-12-5-3-2-4-11(12)20-14(23)8-18/h6-7,11-12,21H,2-5,8H2,1H3,(H,19,24)(H,20,23)/t11-,12-/m1/s1. The van der Waals surface area contributed by atoms with Crippen molar-refractivity contribution in [3.8, 4) is 0 Å². The molecule has 1 aromatic carbocycles. The molecule has 142 valence electrons. The minimum atomic E-state index is -0.533. The SMILES string of the molecule is CNC(=O)c1cc(Br)cc([N+](=O)[O-])c1N[C@@H]1CCCC[C@H]1NC(=O)CCl. The number of rotatable bonds is 6. The van der Waals surface area contributed by atoms with Crippen molar-refractivity contribution in [1.29, 1.82) is 0 Å². The molecule has 1 saturated carbocycles. The van der Waals surface area contributed by atoms with Crippen LogP contribution in [0.3, 0.4) is 0 Å². The molecule has 0 aromatic heterocycles. The number of carbonyl (C=O) groups is 2. The first-order valence-corrected chi connectivity index (χ1v) is 9.52. The lowest BCUT2D eigenvalue weighted by Gasteiger charge is -2.33. The smallest absolute Gasteiger partial charge is 0.294 e. The zero-order chi connectivity index (χ0) is 19.3. The van der Waals surface area contributed by atoms with Gasteiger partial charge in [0.25, 0.3) is 11.6 Å². The molecular formula is C16H20BrClN4O4. The highest BCUT2D eigenvalue weighted by Crippen LogP contribution is 2.35. The van der Waals surface area contributed by atoms with Crippen molar-refractivity contribution in [3.63, 3.8) is 0 Å². The summed E-state index contributed by atoms with van der Waals surface area (Å²) >= 11 is 8.78. The Morgan fingerprint density at radius 1 is 1.31 bits per heavy atom. The van der Waals surface area contributed by atoms with Gasteiger partial charge in [0.1, 0.15) is 11.6 Å². The number of carbonyl (C=O) groups excluding carboxylic acids is 2. The van der Waals surface area contributed by atoms with Crippen LogP contribution in [0.4, 0.5) is 11.4 Å². The molecule has 2 amide bonds. The number of nitro groups is 1. The van der Waals surface area contributed by atoms with Crippen LogP contribution in [0.15, 0.2) is 16.6 Å². The topological polar surface area (TPSA) is 113 Å². The van der Waals surface area contributed by atoms with Crippen LogP contribution in [0.5, 0.6) is 0 Å². The third kappa shape index (κ3) is 4.85. The average Bonchev–Trinajstić information content (AvgIpc) is 2.63. The first-order chi connectivity index (χ1) is 12.4. The molecule has 0 aliphatic heterocycles. The summed E-state index contributed by atoms with van der Waals surface area (Å²) in [4.78, 5) is 34.9. The molecule has 2 rings (SSSR count). The van der Waals surface area contributed by atoms with Gasteiger partial charge < -0.3 is 16.0 Å². The lowest BCUT2D eigenvalue weighted by Crippen LogP contribution is -2.49. The van der Waals surface area contributed by atoms with Gasteiger partial charge in [-0.25, -0.2) is 0 Å². The number of nitrogens with one attached hydrogen (secondary N) is 3. The van der Waals surface area contributed by atoms with E-state index in [1.54, 1.807) is 0 Å². The van der Waals surface area contributed by atoms with Crippen LogP contribution >= 0.6 is 27.5 Å². The van der Waals surface area contributed by atoms with E-state index < -0.39 is 10.8 Å². The summed E-state index contributed by atoms with van der Waals surface area (Å²) in [6.07, 6.45) is 3.31. The van der Waals surface area contributed by atoms with E-state index in [-0.39, 0.29) is 40.8 Å². The van der Waals surface area contributed by atoms with Gasteiger partial charge in [0.15, 0.2) is 0 Å². The maximum atomic E-state index is 12.2. The van der Waals surface area contributed by atoms with Gasteiger partial charge in [0, 0.05) is 29.7 Å². The van der Waals surface area contributed by atoms with Crippen molar-refractivity contribution >= 4 is 50.7 Å². The molecule has 0 spiro atoms. The molecule has 26 heavy (non-hydrogen) atoms. The summed E-state index contributed by atoms with van der Waals surface area (Å²) in [6, 6.07) is 2.43. The first kappa shape index (κ1) is 20.4. The van der Waals surface area contributed by atoms with Crippen LogP contribution in [0.25, 0.3) is 0 Å². The maximum absolute atomic E-state index is 12.2. The van der Waals surface area contributed by atoms with Crippen molar-refractivity contribution in [2.24, 2.45) is 0 Å². The van der Waals surface area contributed by atoms with Crippen LogP contribution in [-0.2, 0) is 4.79 Å². The minimum Gasteiger partial charge on any atom is -0.374 e. The molecule has 1 fully saturated rings. The Balaban J connectivity index is 2.40. The third-order valence-electron chi connectivity index (χ3n) is 4.31. The number of hydrogen-bond acceptors (Lipinski definition) is 5. The molecule has 10 heteroatoms. The van der Waals surface area contributed by atoms with E-state index in [1.165, 1.54) is 19.2 Å². The average molecular weight is 448 g/mol. The van der Waals surface area contributed by atoms with Crippen molar-refractivity contribution in [1.82, 2.24) is 10.6 Å². The summed E-state index contributed by atoms with van der Waals surface area (Å²) in [5.41, 5.74) is 0.113. The monoisotopic (exact) mass is 446 g/mol. The fraction of sp³-hybridized carbons (Fsp3) is 0.500. The summed E-state index contributed by atoms with van der Waals surface area (Å²) in [5.74, 6) is -0.873. The molecule has 1 aliphatic carbocycles. The number of hydrogen-bond donors (Lipinski definition) is 3. The summed E-state index contributed by atoms with van der Waals surface area (Å²) in [5, 5.41) is 20.0. The van der Waals surface area contributed by atoms with Crippen LogP contribution in [0.1, 0.15) is 36.0 Å². The highest BCUT2D eigenvalue weighted by atomic mass is 79.9. The summed E-state index contributed by atoms with van der Waals surface area (Å²) in [7, 11) is 1.46. The molecule has 2 atom stereocenters. The lowest BCUT2D eigenvalue weighted by atomic mass is 9.89. The lowest BCUT2D eigenvalue weighted by molar-refractivity contribution is -0.384. The van der Waals surface area contributed by atoms with Crippen LogP contribution in [0, 0.1) is 10.1 Å². The normalized spacial score (nSPS) is 19.5. The Labute approximate surface area is 164 Å². The Bertz CT molecular complexity index is 716. The van der Waals surface area contributed by atoms with Crippen molar-refractivity contribution in [2.45, 2.75) is 37.8 Å². The highest BCUT2D eigenvalue weighted by Gasteiger charge is 2.31.